The average molecular weight is 587 g/mol. The molecule has 0 aliphatic heterocycles. The van der Waals surface area contributed by atoms with Crippen molar-refractivity contribution in [2.24, 2.45) is 0 Å². The number of alkyl halides is 3. The predicted octanol–water partition coefficient (Wildman–Crippen LogP) is 7.25. The molecule has 5 aromatic rings. The summed E-state index contributed by atoms with van der Waals surface area (Å²) in [6.45, 7) is 1.82. The Morgan fingerprint density at radius 1 is 0.930 bits per heavy atom. The van der Waals surface area contributed by atoms with Gasteiger partial charge in [0.1, 0.15) is 11.6 Å². The van der Waals surface area contributed by atoms with Gasteiger partial charge in [-0.3, -0.25) is 9.36 Å². The summed E-state index contributed by atoms with van der Waals surface area (Å²) in [5.41, 5.74) is 0.0612. The highest BCUT2D eigenvalue weighted by Crippen LogP contribution is 2.35. The molecule has 10 heteroatoms. The van der Waals surface area contributed by atoms with Gasteiger partial charge >= 0.3 is 12.2 Å². The zero-order chi connectivity index (χ0) is 30.6. The molecule has 1 unspecified atom stereocenters. The summed E-state index contributed by atoms with van der Waals surface area (Å²) in [5.74, 6) is 0.634. The first-order valence-electron chi connectivity index (χ1n) is 13.6. The lowest BCUT2D eigenvalue weighted by Gasteiger charge is -2.31. The SMILES string of the molecule is COc1ccccc1-n1c(C(C)N(CCc2ccccc2)C(=O)Nc2ccccc2C(F)(F)F)nc2ccccc2c1=O. The Morgan fingerprint density at radius 3 is 2.33 bits per heavy atom. The fourth-order valence-corrected chi connectivity index (χ4v) is 5.01. The third-order valence-corrected chi connectivity index (χ3v) is 7.19. The van der Waals surface area contributed by atoms with E-state index in [-0.39, 0.29) is 23.6 Å². The summed E-state index contributed by atoms with van der Waals surface area (Å²) >= 11 is 0. The first-order chi connectivity index (χ1) is 20.7. The van der Waals surface area contributed by atoms with Crippen LogP contribution in [0.4, 0.5) is 23.7 Å². The third-order valence-electron chi connectivity index (χ3n) is 7.19. The lowest BCUT2D eigenvalue weighted by molar-refractivity contribution is -0.136. The molecule has 7 nitrogen and oxygen atoms in total. The van der Waals surface area contributed by atoms with Gasteiger partial charge in [-0.1, -0.05) is 66.7 Å². The van der Waals surface area contributed by atoms with Crippen molar-refractivity contribution in [2.45, 2.75) is 25.6 Å². The fraction of sp³-hybridized carbons (Fsp3) is 0.182. The van der Waals surface area contributed by atoms with Gasteiger partial charge in [0.05, 0.1) is 41.0 Å². The number of methoxy groups -OCH3 is 1. The van der Waals surface area contributed by atoms with Gasteiger partial charge in [0.2, 0.25) is 0 Å². The lowest BCUT2D eigenvalue weighted by atomic mass is 10.1. The van der Waals surface area contributed by atoms with Crippen LogP contribution in [0.5, 0.6) is 5.75 Å². The van der Waals surface area contributed by atoms with E-state index in [0.717, 1.165) is 11.6 Å². The molecule has 4 aromatic carbocycles. The van der Waals surface area contributed by atoms with E-state index in [1.807, 2.05) is 30.3 Å². The molecule has 5 rings (SSSR count). The number of benzene rings is 4. The number of hydrogen-bond acceptors (Lipinski definition) is 4. The Bertz CT molecular complexity index is 1810. The van der Waals surface area contributed by atoms with Gasteiger partial charge in [0.25, 0.3) is 5.56 Å². The standard InChI is InChI=1S/C33H29F3N4O3/c1-22(30-37-26-16-8-6-14-24(26)31(41)40(30)28-18-10-11-19-29(28)43-2)39(21-20-23-12-4-3-5-13-23)32(42)38-27-17-9-7-15-25(27)33(34,35)36/h3-19,22H,20-21H2,1-2H3,(H,38,42). The van der Waals surface area contributed by atoms with E-state index < -0.39 is 23.8 Å². The molecule has 1 aromatic heterocycles. The summed E-state index contributed by atoms with van der Waals surface area (Å²) in [5, 5.41) is 2.83. The molecule has 0 spiro atoms. The fourth-order valence-electron chi connectivity index (χ4n) is 5.01. The van der Waals surface area contributed by atoms with E-state index >= 15 is 0 Å². The first kappa shape index (κ1) is 29.4. The summed E-state index contributed by atoms with van der Waals surface area (Å²) in [7, 11) is 1.49. The minimum absolute atomic E-state index is 0.125. The number of anilines is 1. The summed E-state index contributed by atoms with van der Waals surface area (Å²) in [6, 6.07) is 26.4. The minimum Gasteiger partial charge on any atom is -0.495 e. The summed E-state index contributed by atoms with van der Waals surface area (Å²) < 4.78 is 48.3. The van der Waals surface area contributed by atoms with Gasteiger partial charge in [-0.15, -0.1) is 0 Å². The van der Waals surface area contributed by atoms with Crippen LogP contribution >= 0.6 is 0 Å². The van der Waals surface area contributed by atoms with Crippen molar-refractivity contribution >= 4 is 22.6 Å². The number of rotatable bonds is 8. The van der Waals surface area contributed by atoms with Crippen LogP contribution in [0.25, 0.3) is 16.6 Å². The normalized spacial score (nSPS) is 12.1. The average Bonchev–Trinajstić information content (AvgIpc) is 3.01. The van der Waals surface area contributed by atoms with Crippen molar-refractivity contribution in [1.29, 1.82) is 0 Å². The van der Waals surface area contributed by atoms with Crippen LogP contribution in [0.2, 0.25) is 0 Å². The monoisotopic (exact) mass is 586 g/mol. The molecule has 0 aliphatic carbocycles. The second-order valence-corrected chi connectivity index (χ2v) is 9.88. The number of hydrogen-bond donors (Lipinski definition) is 1. The largest absolute Gasteiger partial charge is 0.495 e. The van der Waals surface area contributed by atoms with Crippen LogP contribution < -0.4 is 15.6 Å². The molecule has 1 atom stereocenters. The quantitative estimate of drug-likeness (QED) is 0.208. The number of carbonyl (C=O) groups is 1. The zero-order valence-electron chi connectivity index (χ0n) is 23.5. The molecule has 0 saturated heterocycles. The van der Waals surface area contributed by atoms with E-state index in [1.165, 1.54) is 34.8 Å². The van der Waals surface area contributed by atoms with Crippen molar-refractivity contribution in [2.75, 3.05) is 19.0 Å². The van der Waals surface area contributed by atoms with Crippen molar-refractivity contribution in [3.05, 3.63) is 130 Å². The summed E-state index contributed by atoms with van der Waals surface area (Å²) in [4.78, 5) is 34.0. The number of amides is 2. The Balaban J connectivity index is 1.64. The van der Waals surface area contributed by atoms with Crippen molar-refractivity contribution in [3.8, 4) is 11.4 Å². The van der Waals surface area contributed by atoms with Crippen LogP contribution in [0.1, 0.15) is 29.9 Å². The van der Waals surface area contributed by atoms with Crippen LogP contribution in [-0.2, 0) is 12.6 Å². The smallest absolute Gasteiger partial charge is 0.418 e. The van der Waals surface area contributed by atoms with Crippen molar-refractivity contribution in [1.82, 2.24) is 14.5 Å². The summed E-state index contributed by atoms with van der Waals surface area (Å²) in [6.07, 6.45) is -4.26. The highest BCUT2D eigenvalue weighted by atomic mass is 19.4. The van der Waals surface area contributed by atoms with Crippen molar-refractivity contribution < 1.29 is 22.7 Å². The molecule has 0 aliphatic rings. The Kier molecular flexibility index (Phi) is 8.47. The molecular formula is C33H29F3N4O3. The maximum Gasteiger partial charge on any atom is 0.418 e. The van der Waals surface area contributed by atoms with Crippen LogP contribution in [-0.4, -0.2) is 34.1 Å². The number of para-hydroxylation sites is 4. The van der Waals surface area contributed by atoms with Gasteiger partial charge in [0.15, 0.2) is 0 Å². The Hall–Kier alpha value is -5.12. The zero-order valence-corrected chi connectivity index (χ0v) is 23.5. The second kappa shape index (κ2) is 12.4. The van der Waals surface area contributed by atoms with Gasteiger partial charge < -0.3 is 15.0 Å². The van der Waals surface area contributed by atoms with Gasteiger partial charge in [0, 0.05) is 6.54 Å². The van der Waals surface area contributed by atoms with Crippen molar-refractivity contribution in [3.63, 3.8) is 0 Å². The van der Waals surface area contributed by atoms with Gasteiger partial charge in [-0.25, -0.2) is 9.78 Å². The molecule has 220 valence electrons. The molecule has 0 bridgehead atoms. The van der Waals surface area contributed by atoms with Crippen LogP contribution in [0.3, 0.4) is 0 Å². The number of urea groups is 1. The third kappa shape index (κ3) is 6.23. The molecule has 43 heavy (non-hydrogen) atoms. The molecule has 0 radical (unpaired) electrons. The van der Waals surface area contributed by atoms with E-state index in [4.69, 9.17) is 9.72 Å². The predicted molar refractivity (Wildman–Crippen MR) is 160 cm³/mol. The molecule has 1 heterocycles. The molecular weight excluding hydrogens is 557 g/mol. The van der Waals surface area contributed by atoms with Gasteiger partial charge in [-0.05, 0) is 55.3 Å². The highest BCUT2D eigenvalue weighted by molar-refractivity contribution is 5.90. The number of halogens is 3. The minimum atomic E-state index is -4.67. The Labute approximate surface area is 246 Å². The van der Waals surface area contributed by atoms with Crippen LogP contribution in [0.15, 0.2) is 108 Å². The van der Waals surface area contributed by atoms with E-state index in [9.17, 15) is 22.8 Å². The van der Waals surface area contributed by atoms with E-state index in [0.29, 0.717) is 28.8 Å². The number of nitrogens with one attached hydrogen (secondary N) is 1. The maximum atomic E-state index is 14.0. The lowest BCUT2D eigenvalue weighted by Crippen LogP contribution is -2.41. The molecule has 2 amide bonds. The second-order valence-electron chi connectivity index (χ2n) is 9.88. The van der Waals surface area contributed by atoms with Gasteiger partial charge in [-0.2, -0.15) is 13.2 Å². The number of fused-ring (bicyclic) bond motifs is 1. The molecule has 0 saturated carbocycles. The topological polar surface area (TPSA) is 76.5 Å². The number of carbonyl (C=O) groups excluding carboxylic acids is 1. The molecule has 0 fully saturated rings. The maximum absolute atomic E-state index is 14.0. The number of ether oxygens (including phenoxy) is 1. The van der Waals surface area contributed by atoms with Crippen LogP contribution in [0, 0.1) is 0 Å². The Morgan fingerprint density at radius 2 is 1.58 bits per heavy atom. The number of nitrogens with zero attached hydrogens (tertiary/aromatic N) is 3. The number of aromatic nitrogens is 2. The van der Waals surface area contributed by atoms with E-state index in [1.54, 1.807) is 55.5 Å². The van der Waals surface area contributed by atoms with E-state index in [2.05, 4.69) is 5.32 Å². The highest BCUT2D eigenvalue weighted by Gasteiger charge is 2.35. The first-order valence-corrected chi connectivity index (χ1v) is 13.6. The molecule has 1 N–H and O–H groups in total.